The van der Waals surface area contributed by atoms with E-state index in [9.17, 15) is 24.1 Å². The summed E-state index contributed by atoms with van der Waals surface area (Å²) in [5.74, 6) is -2.56. The Hall–Kier alpha value is -2.51. The molecule has 0 saturated heterocycles. The molecule has 0 radical (unpaired) electrons. The molecule has 8 heteroatoms. The van der Waals surface area contributed by atoms with Crippen molar-refractivity contribution in [1.82, 2.24) is 5.32 Å². The number of amides is 1. The van der Waals surface area contributed by atoms with Crippen LogP contribution in [-0.2, 0) is 9.53 Å². The highest BCUT2D eigenvalue weighted by Gasteiger charge is 2.20. The van der Waals surface area contributed by atoms with Crippen LogP contribution in [-0.4, -0.2) is 28.9 Å². The van der Waals surface area contributed by atoms with Gasteiger partial charge < -0.3 is 10.1 Å². The fraction of sp³-hybridized carbons (Fsp3) is 0.429. The molecular formula is C14H17FN2O5. The molecule has 0 heterocycles. The molecule has 1 aromatic carbocycles. The van der Waals surface area contributed by atoms with Crippen LogP contribution in [0.1, 0.15) is 37.6 Å². The molecule has 7 nitrogen and oxygen atoms in total. The minimum absolute atomic E-state index is 0.203. The van der Waals surface area contributed by atoms with Crippen molar-refractivity contribution in [3.05, 3.63) is 39.7 Å². The van der Waals surface area contributed by atoms with Crippen LogP contribution in [0.2, 0.25) is 0 Å². The van der Waals surface area contributed by atoms with Gasteiger partial charge in [-0.15, -0.1) is 0 Å². The molecule has 0 aliphatic carbocycles. The molecule has 22 heavy (non-hydrogen) atoms. The molecule has 1 N–H and O–H groups in total. The topological polar surface area (TPSA) is 98.5 Å². The van der Waals surface area contributed by atoms with E-state index in [0.717, 1.165) is 12.1 Å². The van der Waals surface area contributed by atoms with Crippen LogP contribution in [0.4, 0.5) is 10.1 Å². The summed E-state index contributed by atoms with van der Waals surface area (Å²) in [6, 6.07) is 2.64. The van der Waals surface area contributed by atoms with E-state index in [1.165, 1.54) is 0 Å². The molecule has 1 amide bonds. The number of hydrogen-bond acceptors (Lipinski definition) is 5. The van der Waals surface area contributed by atoms with Crippen LogP contribution in [0.15, 0.2) is 18.2 Å². The van der Waals surface area contributed by atoms with E-state index in [1.54, 1.807) is 0 Å². The third-order valence-corrected chi connectivity index (χ3v) is 3.08. The fourth-order valence-electron chi connectivity index (χ4n) is 1.50. The first kappa shape index (κ1) is 17.5. The van der Waals surface area contributed by atoms with Gasteiger partial charge in [0, 0.05) is 11.6 Å². The molecule has 1 rings (SSSR count). The number of carbonyl (C=O) groups excluding carboxylic acids is 2. The zero-order valence-corrected chi connectivity index (χ0v) is 12.5. The van der Waals surface area contributed by atoms with E-state index in [1.807, 2.05) is 20.8 Å². The average molecular weight is 312 g/mol. The maximum Gasteiger partial charge on any atom is 0.338 e. The van der Waals surface area contributed by atoms with Crippen molar-refractivity contribution in [1.29, 1.82) is 0 Å². The number of nitro benzene ring substituents is 1. The first-order valence-corrected chi connectivity index (χ1v) is 6.58. The van der Waals surface area contributed by atoms with Gasteiger partial charge in [0.25, 0.3) is 5.91 Å². The standard InChI is InChI=1S/C14H17FN2O5/c1-4-14(2,3)16-12(18)8-22-13(19)9-5-6-11(17(20)21)10(15)7-9/h5-7H,4,8H2,1-3H3,(H,16,18). The van der Waals surface area contributed by atoms with Crippen molar-refractivity contribution in [2.75, 3.05) is 6.61 Å². The van der Waals surface area contributed by atoms with Crippen molar-refractivity contribution < 1.29 is 23.6 Å². The maximum atomic E-state index is 13.4. The number of carbonyl (C=O) groups is 2. The molecule has 0 aromatic heterocycles. The summed E-state index contributed by atoms with van der Waals surface area (Å²) in [6.45, 7) is 5.02. The number of ether oxygens (including phenoxy) is 1. The number of benzene rings is 1. The van der Waals surface area contributed by atoms with Gasteiger partial charge in [-0.25, -0.2) is 4.79 Å². The smallest absolute Gasteiger partial charge is 0.338 e. The first-order chi connectivity index (χ1) is 10.2. The summed E-state index contributed by atoms with van der Waals surface area (Å²) in [5.41, 5.74) is -1.37. The number of nitrogens with one attached hydrogen (secondary N) is 1. The number of nitro groups is 1. The van der Waals surface area contributed by atoms with E-state index >= 15 is 0 Å². The van der Waals surface area contributed by atoms with Crippen LogP contribution < -0.4 is 5.32 Å². The molecule has 0 bridgehead atoms. The highest BCUT2D eigenvalue weighted by molar-refractivity contribution is 5.91. The molecule has 0 spiro atoms. The summed E-state index contributed by atoms with van der Waals surface area (Å²) in [6.07, 6.45) is 0.695. The average Bonchev–Trinajstić information content (AvgIpc) is 2.43. The van der Waals surface area contributed by atoms with Gasteiger partial charge in [0.05, 0.1) is 10.5 Å². The van der Waals surface area contributed by atoms with Gasteiger partial charge >= 0.3 is 11.7 Å². The lowest BCUT2D eigenvalue weighted by atomic mass is 10.0. The molecule has 0 aliphatic rings. The summed E-state index contributed by atoms with van der Waals surface area (Å²) in [5, 5.41) is 13.1. The summed E-state index contributed by atoms with van der Waals surface area (Å²) in [4.78, 5) is 32.9. The van der Waals surface area contributed by atoms with Crippen molar-refractivity contribution in [2.45, 2.75) is 32.7 Å². The van der Waals surface area contributed by atoms with E-state index in [4.69, 9.17) is 4.74 Å². The lowest BCUT2D eigenvalue weighted by molar-refractivity contribution is -0.387. The third-order valence-electron chi connectivity index (χ3n) is 3.08. The molecule has 0 saturated carbocycles. The molecule has 0 unspecified atom stereocenters. The normalized spacial score (nSPS) is 10.9. The fourth-order valence-corrected chi connectivity index (χ4v) is 1.50. The largest absolute Gasteiger partial charge is 0.452 e. The highest BCUT2D eigenvalue weighted by Crippen LogP contribution is 2.18. The molecule has 0 aliphatic heterocycles. The highest BCUT2D eigenvalue weighted by atomic mass is 19.1. The Morgan fingerprint density at radius 1 is 1.41 bits per heavy atom. The van der Waals surface area contributed by atoms with Gasteiger partial charge in [0.2, 0.25) is 5.82 Å². The maximum absolute atomic E-state index is 13.4. The Morgan fingerprint density at radius 3 is 2.55 bits per heavy atom. The summed E-state index contributed by atoms with van der Waals surface area (Å²) >= 11 is 0. The summed E-state index contributed by atoms with van der Waals surface area (Å²) in [7, 11) is 0. The SMILES string of the molecule is CCC(C)(C)NC(=O)COC(=O)c1ccc([N+](=O)[O-])c(F)c1. The minimum atomic E-state index is -1.14. The van der Waals surface area contributed by atoms with Crippen molar-refractivity contribution in [3.8, 4) is 0 Å². The number of rotatable bonds is 6. The molecular weight excluding hydrogens is 295 g/mol. The van der Waals surface area contributed by atoms with Gasteiger partial charge in [-0.3, -0.25) is 14.9 Å². The van der Waals surface area contributed by atoms with Gasteiger partial charge in [-0.2, -0.15) is 4.39 Å². The van der Waals surface area contributed by atoms with Crippen LogP contribution in [0.3, 0.4) is 0 Å². The number of esters is 1. The van der Waals surface area contributed by atoms with Crippen molar-refractivity contribution >= 4 is 17.6 Å². The Labute approximate surface area is 126 Å². The van der Waals surface area contributed by atoms with Crippen LogP contribution in [0.5, 0.6) is 0 Å². The van der Waals surface area contributed by atoms with Gasteiger partial charge in [0.1, 0.15) is 0 Å². The third kappa shape index (κ3) is 4.80. The molecule has 0 fully saturated rings. The van der Waals surface area contributed by atoms with Crippen molar-refractivity contribution in [2.24, 2.45) is 0 Å². The zero-order valence-electron chi connectivity index (χ0n) is 12.5. The zero-order chi connectivity index (χ0) is 16.9. The van der Waals surface area contributed by atoms with Gasteiger partial charge in [-0.05, 0) is 32.4 Å². The lowest BCUT2D eigenvalue weighted by Gasteiger charge is -2.24. The van der Waals surface area contributed by atoms with Crippen LogP contribution in [0, 0.1) is 15.9 Å². The van der Waals surface area contributed by atoms with E-state index in [-0.39, 0.29) is 5.56 Å². The summed E-state index contributed by atoms with van der Waals surface area (Å²) < 4.78 is 18.1. The molecule has 0 atom stereocenters. The molecule has 120 valence electrons. The Bertz CT molecular complexity index is 601. The predicted molar refractivity (Wildman–Crippen MR) is 75.8 cm³/mol. The lowest BCUT2D eigenvalue weighted by Crippen LogP contribution is -2.44. The Kier molecular flexibility index (Phi) is 5.56. The van der Waals surface area contributed by atoms with Crippen LogP contribution in [0.25, 0.3) is 0 Å². The minimum Gasteiger partial charge on any atom is -0.452 e. The predicted octanol–water partition coefficient (Wildman–Crippen LogP) is 2.20. The monoisotopic (exact) mass is 312 g/mol. The van der Waals surface area contributed by atoms with Crippen molar-refractivity contribution in [3.63, 3.8) is 0 Å². The van der Waals surface area contributed by atoms with Gasteiger partial charge in [-0.1, -0.05) is 6.92 Å². The number of halogens is 1. The Morgan fingerprint density at radius 2 is 2.05 bits per heavy atom. The number of nitrogens with zero attached hydrogens (tertiary/aromatic N) is 1. The van der Waals surface area contributed by atoms with Crippen LogP contribution >= 0.6 is 0 Å². The number of hydrogen-bond donors (Lipinski definition) is 1. The second kappa shape index (κ2) is 6.97. The second-order valence-corrected chi connectivity index (χ2v) is 5.29. The second-order valence-electron chi connectivity index (χ2n) is 5.29. The van der Waals surface area contributed by atoms with E-state index < -0.39 is 40.5 Å². The Balaban J connectivity index is 2.65. The molecule has 1 aromatic rings. The first-order valence-electron chi connectivity index (χ1n) is 6.58. The van der Waals surface area contributed by atoms with E-state index in [0.29, 0.717) is 12.5 Å². The van der Waals surface area contributed by atoms with E-state index in [2.05, 4.69) is 5.32 Å². The van der Waals surface area contributed by atoms with Gasteiger partial charge in [0.15, 0.2) is 6.61 Å². The quantitative estimate of drug-likeness (QED) is 0.493.